The van der Waals surface area contributed by atoms with E-state index in [9.17, 15) is 14.4 Å². The van der Waals surface area contributed by atoms with E-state index in [1.807, 2.05) is 13.8 Å². The summed E-state index contributed by atoms with van der Waals surface area (Å²) >= 11 is 0. The van der Waals surface area contributed by atoms with Crippen molar-refractivity contribution in [2.24, 2.45) is 17.8 Å². The lowest BCUT2D eigenvalue weighted by Gasteiger charge is -2.28. The summed E-state index contributed by atoms with van der Waals surface area (Å²) in [6, 6.07) is 0.310. The van der Waals surface area contributed by atoms with Crippen molar-refractivity contribution in [2.45, 2.75) is 77.7 Å². The van der Waals surface area contributed by atoms with Gasteiger partial charge in [0.05, 0.1) is 21.2 Å². The first-order valence-corrected chi connectivity index (χ1v) is 12.8. The normalized spacial score (nSPS) is 17.8. The zero-order valence-corrected chi connectivity index (χ0v) is 21.7. The molecule has 5 atom stereocenters. The molecule has 33 heavy (non-hydrogen) atoms. The molecular formula is C24H44NO7P. The summed E-state index contributed by atoms with van der Waals surface area (Å²) in [6.07, 6.45) is 5.23. The third kappa shape index (κ3) is 14.6. The van der Waals surface area contributed by atoms with Crippen LogP contribution in [0.4, 0.5) is 0 Å². The van der Waals surface area contributed by atoms with Crippen LogP contribution < -0.4 is 5.32 Å². The van der Waals surface area contributed by atoms with Crippen LogP contribution >= 0.6 is 9.24 Å². The van der Waals surface area contributed by atoms with Crippen LogP contribution in [0.3, 0.4) is 0 Å². The number of rotatable bonds is 19. The molecule has 0 saturated heterocycles. The molecule has 1 saturated carbocycles. The van der Waals surface area contributed by atoms with Gasteiger partial charge in [-0.25, -0.2) is 0 Å². The molecule has 1 aliphatic carbocycles. The number of nitrogens with one attached hydrogen (secondary N) is 1. The van der Waals surface area contributed by atoms with E-state index in [0.29, 0.717) is 45.1 Å². The maximum Gasteiger partial charge on any atom is 0.306 e. The third-order valence-electron chi connectivity index (χ3n) is 6.02. The fourth-order valence-electron chi connectivity index (χ4n) is 4.05. The van der Waals surface area contributed by atoms with E-state index in [2.05, 4.69) is 14.6 Å². The van der Waals surface area contributed by atoms with Gasteiger partial charge in [0.1, 0.15) is 12.9 Å². The monoisotopic (exact) mass is 491 g/mol. The Kier molecular flexibility index (Phi) is 15.4. The second-order valence-corrected chi connectivity index (χ2v) is 9.25. The van der Waals surface area contributed by atoms with Crippen LogP contribution in [0.25, 0.3) is 0 Å². The predicted octanol–water partition coefficient (Wildman–Crippen LogP) is 3.47. The number of ether oxygens (including phenoxy) is 4. The van der Waals surface area contributed by atoms with E-state index in [4.69, 9.17) is 20.3 Å². The first kappa shape index (κ1) is 28.0. The standard InChI is InChI=1S/C24H44NO7P/c1-4-19(15-24(28)32-17-33)14-20(16-23(27)31-11-10-30-9-8-29-3)12-18(2)13-22(26)25-21-6-5-7-21/h18-21H,4-17,33H2,1-3H3,(H,25,26)/i17T. The molecule has 0 heterocycles. The summed E-state index contributed by atoms with van der Waals surface area (Å²) in [4.78, 5) is 36.9. The number of hydrogen-bond donors (Lipinski definition) is 1. The maximum absolute atomic E-state index is 12.5. The van der Waals surface area contributed by atoms with Gasteiger partial charge >= 0.3 is 11.9 Å². The molecule has 8 nitrogen and oxygen atoms in total. The Balaban J connectivity index is 2.59. The molecule has 1 fully saturated rings. The Morgan fingerprint density at radius 1 is 1.00 bits per heavy atom. The largest absolute Gasteiger partial charge is 0.463 e. The number of hydrogen-bond acceptors (Lipinski definition) is 7. The van der Waals surface area contributed by atoms with Crippen molar-refractivity contribution >= 4 is 27.1 Å². The summed E-state index contributed by atoms with van der Waals surface area (Å²) in [5.41, 5.74) is 0. The molecule has 0 bridgehead atoms. The lowest BCUT2D eigenvalue weighted by atomic mass is 9.82. The van der Waals surface area contributed by atoms with E-state index in [1.165, 1.54) is 6.42 Å². The van der Waals surface area contributed by atoms with E-state index < -0.39 is 12.3 Å². The Labute approximate surface area is 202 Å². The Morgan fingerprint density at radius 3 is 2.27 bits per heavy atom. The molecule has 0 aromatic rings. The lowest BCUT2D eigenvalue weighted by Crippen LogP contribution is -2.40. The Morgan fingerprint density at radius 2 is 1.67 bits per heavy atom. The Hall–Kier alpha value is -1.24. The minimum absolute atomic E-state index is 0.0195. The minimum Gasteiger partial charge on any atom is -0.463 e. The van der Waals surface area contributed by atoms with E-state index in [-0.39, 0.29) is 49.1 Å². The molecule has 1 amide bonds. The van der Waals surface area contributed by atoms with Crippen molar-refractivity contribution in [3.05, 3.63) is 0 Å². The topological polar surface area (TPSA) is 100 Å². The highest BCUT2D eigenvalue weighted by Gasteiger charge is 2.25. The molecule has 0 aromatic heterocycles. The number of carbonyl (C=O) groups is 3. The molecule has 1 aliphatic rings. The van der Waals surface area contributed by atoms with Crippen molar-refractivity contribution in [2.75, 3.05) is 39.9 Å². The summed E-state index contributed by atoms with van der Waals surface area (Å²) in [6.45, 7) is 5.44. The van der Waals surface area contributed by atoms with Crippen molar-refractivity contribution in [1.29, 1.82) is 0 Å². The first-order chi connectivity index (χ1) is 16.2. The van der Waals surface area contributed by atoms with Gasteiger partial charge < -0.3 is 24.3 Å². The van der Waals surface area contributed by atoms with Crippen LogP contribution in [0, 0.1) is 17.8 Å². The number of carbonyl (C=O) groups excluding carboxylic acids is 3. The maximum atomic E-state index is 12.5. The van der Waals surface area contributed by atoms with Crippen molar-refractivity contribution in [3.63, 3.8) is 0 Å². The smallest absolute Gasteiger partial charge is 0.306 e. The number of methoxy groups -OCH3 is 1. The van der Waals surface area contributed by atoms with Gasteiger partial charge in [-0.2, -0.15) is 0 Å². The molecule has 1 N–H and O–H groups in total. The van der Waals surface area contributed by atoms with Gasteiger partial charge in [-0.1, -0.05) is 29.5 Å². The fourth-order valence-corrected chi connectivity index (χ4v) is 4.20. The van der Waals surface area contributed by atoms with E-state index >= 15 is 0 Å². The highest BCUT2D eigenvalue weighted by Crippen LogP contribution is 2.29. The second-order valence-electron chi connectivity index (χ2n) is 8.98. The number of esters is 2. The zero-order valence-electron chi connectivity index (χ0n) is 21.5. The van der Waals surface area contributed by atoms with Crippen molar-refractivity contribution in [1.82, 2.24) is 5.32 Å². The van der Waals surface area contributed by atoms with Crippen molar-refractivity contribution < 1.29 is 34.7 Å². The third-order valence-corrected chi connectivity index (χ3v) is 6.15. The minimum atomic E-state index is -0.976. The molecule has 0 aliphatic heterocycles. The SMILES string of the molecule is [3H]C(P)OC(=O)CC(CC)CC(CC(=O)OCCOCCOC)CC(C)CC(=O)NC1CCC1. The summed E-state index contributed by atoms with van der Waals surface area (Å²) in [5, 5.41) is 3.07. The van der Waals surface area contributed by atoms with Crippen LogP contribution in [0.5, 0.6) is 0 Å². The van der Waals surface area contributed by atoms with Gasteiger partial charge in [0, 0.05) is 32.4 Å². The highest BCUT2D eigenvalue weighted by atomic mass is 31.0. The first-order valence-electron chi connectivity index (χ1n) is 12.7. The van der Waals surface area contributed by atoms with Gasteiger partial charge in [0.15, 0.2) is 0 Å². The van der Waals surface area contributed by atoms with Crippen LogP contribution in [-0.2, 0) is 33.3 Å². The van der Waals surface area contributed by atoms with Gasteiger partial charge in [0.2, 0.25) is 5.91 Å². The molecule has 9 heteroatoms. The van der Waals surface area contributed by atoms with Gasteiger partial charge in [-0.15, -0.1) is 0 Å². The average Bonchev–Trinajstić information content (AvgIpc) is 2.72. The highest BCUT2D eigenvalue weighted by molar-refractivity contribution is 7.16. The molecule has 0 radical (unpaired) electrons. The fraction of sp³-hybridized carbons (Fsp3) is 0.875. The summed E-state index contributed by atoms with van der Waals surface area (Å²) in [7, 11) is 3.72. The summed E-state index contributed by atoms with van der Waals surface area (Å²) < 4.78 is 27.9. The summed E-state index contributed by atoms with van der Waals surface area (Å²) in [5.74, 6) is -0.547. The molecular weight excluding hydrogens is 445 g/mol. The molecule has 0 aromatic carbocycles. The average molecular weight is 492 g/mol. The van der Waals surface area contributed by atoms with Crippen LogP contribution in [0.2, 0.25) is 0 Å². The molecule has 0 spiro atoms. The molecule has 192 valence electrons. The van der Waals surface area contributed by atoms with Crippen LogP contribution in [0.1, 0.15) is 73.0 Å². The Bertz CT molecular complexity index is 604. The van der Waals surface area contributed by atoms with Gasteiger partial charge in [0.25, 0.3) is 0 Å². The van der Waals surface area contributed by atoms with E-state index in [1.54, 1.807) is 7.11 Å². The van der Waals surface area contributed by atoms with Crippen LogP contribution in [-0.4, -0.2) is 63.7 Å². The van der Waals surface area contributed by atoms with E-state index in [0.717, 1.165) is 19.3 Å². The lowest BCUT2D eigenvalue weighted by molar-refractivity contribution is -0.146. The quantitative estimate of drug-likeness (QED) is 0.168. The molecule has 5 unspecified atom stereocenters. The van der Waals surface area contributed by atoms with Gasteiger partial charge in [-0.05, 0) is 49.9 Å². The molecule has 1 rings (SSSR count). The van der Waals surface area contributed by atoms with Crippen molar-refractivity contribution in [3.8, 4) is 0 Å². The van der Waals surface area contributed by atoms with Crippen LogP contribution in [0.15, 0.2) is 0 Å². The number of amides is 1. The van der Waals surface area contributed by atoms with Gasteiger partial charge in [-0.3, -0.25) is 14.4 Å². The second kappa shape index (κ2) is 18.1. The zero-order chi connectivity index (χ0) is 25.3. The predicted molar refractivity (Wildman–Crippen MR) is 130 cm³/mol.